The van der Waals surface area contributed by atoms with Crippen molar-refractivity contribution in [1.29, 1.82) is 0 Å². The quantitative estimate of drug-likeness (QED) is 0.284. The number of rotatable bonds is 7. The number of non-ortho nitro benzene ring substituents is 1. The third-order valence-electron chi connectivity index (χ3n) is 4.32. The Bertz CT molecular complexity index is 1070. The first-order valence-electron chi connectivity index (χ1n) is 9.45. The summed E-state index contributed by atoms with van der Waals surface area (Å²) >= 11 is 14.0. The average molecular weight is 480 g/mol. The molecule has 7 nitrogen and oxygen atoms in total. The normalized spacial score (nSPS) is 16.4. The second kappa shape index (κ2) is 10.2. The number of nitrogens with zero attached hydrogens (tertiary/aromatic N) is 3. The molecule has 0 bridgehead atoms. The number of likely N-dealkylation sites (N-methyl/N-ethyl adjacent to an activating group) is 1. The number of nitro benzene ring substituents is 1. The molecule has 10 heteroatoms. The molecule has 0 atom stereocenters. The minimum atomic E-state index is -0.468. The van der Waals surface area contributed by atoms with Crippen molar-refractivity contribution in [2.75, 3.05) is 13.1 Å². The van der Waals surface area contributed by atoms with E-state index in [4.69, 9.17) is 27.9 Å². The lowest BCUT2D eigenvalue weighted by molar-refractivity contribution is -0.384. The molecule has 0 aliphatic carbocycles. The van der Waals surface area contributed by atoms with Crippen LogP contribution in [0.4, 0.5) is 5.69 Å². The molecule has 1 aliphatic rings. The molecule has 31 heavy (non-hydrogen) atoms. The molecule has 2 aromatic carbocycles. The first kappa shape index (κ1) is 23.1. The lowest BCUT2D eigenvalue weighted by Crippen LogP contribution is -2.28. The van der Waals surface area contributed by atoms with Crippen LogP contribution in [0.3, 0.4) is 0 Å². The SMILES string of the molecule is CCN=C1S/C(=C\c2cc(Cl)c(OCc3cccc([N+](=O)[O-])c3)c(Cl)c2)C(=O)N1CC. The van der Waals surface area contributed by atoms with E-state index in [-0.39, 0.29) is 34.0 Å². The first-order chi connectivity index (χ1) is 14.8. The van der Waals surface area contributed by atoms with Crippen molar-refractivity contribution in [3.63, 3.8) is 0 Å². The lowest BCUT2D eigenvalue weighted by Gasteiger charge is -2.12. The lowest BCUT2D eigenvalue weighted by atomic mass is 10.2. The van der Waals surface area contributed by atoms with Crippen molar-refractivity contribution >= 4 is 57.8 Å². The Hall–Kier alpha value is -2.55. The number of hydrogen-bond donors (Lipinski definition) is 0. The maximum Gasteiger partial charge on any atom is 0.269 e. The van der Waals surface area contributed by atoms with Crippen LogP contribution < -0.4 is 4.74 Å². The van der Waals surface area contributed by atoms with Crippen LogP contribution in [0, 0.1) is 10.1 Å². The Morgan fingerprint density at radius 1 is 1.23 bits per heavy atom. The molecule has 2 aromatic rings. The van der Waals surface area contributed by atoms with Gasteiger partial charge in [-0.25, -0.2) is 0 Å². The smallest absolute Gasteiger partial charge is 0.269 e. The predicted molar refractivity (Wildman–Crippen MR) is 125 cm³/mol. The molecule has 1 aliphatic heterocycles. The summed E-state index contributed by atoms with van der Waals surface area (Å²) in [6.45, 7) is 5.01. The Labute approximate surface area is 193 Å². The summed E-state index contributed by atoms with van der Waals surface area (Å²) in [5.41, 5.74) is 1.25. The molecule has 0 radical (unpaired) electrons. The first-order valence-corrected chi connectivity index (χ1v) is 11.0. The van der Waals surface area contributed by atoms with Crippen LogP contribution in [0.25, 0.3) is 6.08 Å². The van der Waals surface area contributed by atoms with Crippen LogP contribution >= 0.6 is 35.0 Å². The Morgan fingerprint density at radius 3 is 2.55 bits per heavy atom. The van der Waals surface area contributed by atoms with Gasteiger partial charge in [0.2, 0.25) is 0 Å². The summed E-state index contributed by atoms with van der Waals surface area (Å²) in [5.74, 6) is 0.156. The maximum absolute atomic E-state index is 12.6. The van der Waals surface area contributed by atoms with Gasteiger partial charge in [0.05, 0.1) is 19.9 Å². The van der Waals surface area contributed by atoms with Gasteiger partial charge in [0.15, 0.2) is 10.9 Å². The van der Waals surface area contributed by atoms with Gasteiger partial charge in [0, 0.05) is 25.2 Å². The van der Waals surface area contributed by atoms with Crippen molar-refractivity contribution in [2.24, 2.45) is 4.99 Å². The average Bonchev–Trinajstić information content (AvgIpc) is 3.02. The molecule has 0 spiro atoms. The zero-order valence-electron chi connectivity index (χ0n) is 16.8. The molecule has 1 saturated heterocycles. The highest BCUT2D eigenvalue weighted by atomic mass is 35.5. The topological polar surface area (TPSA) is 85.0 Å². The Morgan fingerprint density at radius 2 is 1.94 bits per heavy atom. The van der Waals surface area contributed by atoms with Crippen LogP contribution in [0.2, 0.25) is 10.0 Å². The van der Waals surface area contributed by atoms with Gasteiger partial charge in [-0.05, 0) is 54.9 Å². The van der Waals surface area contributed by atoms with Crippen LogP contribution in [0.1, 0.15) is 25.0 Å². The van der Waals surface area contributed by atoms with Crippen molar-refractivity contribution in [3.8, 4) is 5.75 Å². The largest absolute Gasteiger partial charge is 0.486 e. The second-order valence-corrected chi connectivity index (χ2v) is 8.27. The summed E-state index contributed by atoms with van der Waals surface area (Å²) in [5, 5.41) is 12.1. The molecule has 0 N–H and O–H groups in total. The summed E-state index contributed by atoms with van der Waals surface area (Å²) in [6, 6.07) is 9.44. The molecular weight excluding hydrogens is 461 g/mol. The second-order valence-electron chi connectivity index (χ2n) is 6.45. The third-order valence-corrected chi connectivity index (χ3v) is 5.93. The van der Waals surface area contributed by atoms with Crippen molar-refractivity contribution in [2.45, 2.75) is 20.5 Å². The molecule has 0 saturated carbocycles. The molecular formula is C21H19Cl2N3O4S. The minimum Gasteiger partial charge on any atom is -0.486 e. The van der Waals surface area contributed by atoms with Gasteiger partial charge >= 0.3 is 0 Å². The molecule has 0 unspecified atom stereocenters. The van der Waals surface area contributed by atoms with Crippen molar-refractivity contribution < 1.29 is 14.5 Å². The summed E-state index contributed by atoms with van der Waals surface area (Å²) < 4.78 is 5.71. The number of hydrogen-bond acceptors (Lipinski definition) is 6. The van der Waals surface area contributed by atoms with E-state index < -0.39 is 4.92 Å². The van der Waals surface area contributed by atoms with E-state index >= 15 is 0 Å². The number of thioether (sulfide) groups is 1. The molecule has 1 heterocycles. The molecule has 1 amide bonds. The number of aliphatic imine (C=N–C) groups is 1. The summed E-state index contributed by atoms with van der Waals surface area (Å²) in [6.07, 6.45) is 1.72. The van der Waals surface area contributed by atoms with E-state index in [1.54, 1.807) is 35.2 Å². The van der Waals surface area contributed by atoms with Gasteiger partial charge in [-0.2, -0.15) is 0 Å². The van der Waals surface area contributed by atoms with Crippen molar-refractivity contribution in [3.05, 3.63) is 72.6 Å². The number of benzene rings is 2. The predicted octanol–water partition coefficient (Wildman–Crippen LogP) is 5.79. The fourth-order valence-electron chi connectivity index (χ4n) is 2.91. The minimum absolute atomic E-state index is 0.0221. The number of carbonyl (C=O) groups is 1. The number of carbonyl (C=O) groups excluding carboxylic acids is 1. The van der Waals surface area contributed by atoms with Crippen LogP contribution in [-0.2, 0) is 11.4 Å². The molecule has 162 valence electrons. The fraction of sp³-hybridized carbons (Fsp3) is 0.238. The zero-order chi connectivity index (χ0) is 22.5. The standard InChI is InChI=1S/C21H19Cl2N3O4S/c1-3-24-21-25(4-2)20(27)18(31-21)11-14-9-16(22)19(17(23)10-14)30-12-13-6-5-7-15(8-13)26(28)29/h5-11H,3-4,12H2,1-2H3/b18-11-,24-21?. The van der Waals surface area contributed by atoms with E-state index in [2.05, 4.69) is 4.99 Å². The molecule has 0 aromatic heterocycles. The zero-order valence-corrected chi connectivity index (χ0v) is 19.1. The van der Waals surface area contributed by atoms with Gasteiger partial charge in [-0.1, -0.05) is 35.3 Å². The molecule has 1 fully saturated rings. The van der Waals surface area contributed by atoms with E-state index in [0.29, 0.717) is 34.3 Å². The summed E-state index contributed by atoms with van der Waals surface area (Å²) in [7, 11) is 0. The highest BCUT2D eigenvalue weighted by Crippen LogP contribution is 2.38. The number of ether oxygens (including phenoxy) is 1. The number of nitro groups is 1. The highest BCUT2D eigenvalue weighted by Gasteiger charge is 2.31. The van der Waals surface area contributed by atoms with Gasteiger partial charge in [0.1, 0.15) is 6.61 Å². The third kappa shape index (κ3) is 5.39. The number of amidine groups is 1. The van der Waals surface area contributed by atoms with Crippen LogP contribution in [0.5, 0.6) is 5.75 Å². The van der Waals surface area contributed by atoms with Gasteiger partial charge in [-0.15, -0.1) is 0 Å². The van der Waals surface area contributed by atoms with E-state index in [9.17, 15) is 14.9 Å². The Kier molecular flexibility index (Phi) is 7.59. The van der Waals surface area contributed by atoms with E-state index in [0.717, 1.165) is 0 Å². The number of halogens is 2. The van der Waals surface area contributed by atoms with E-state index in [1.807, 2.05) is 13.8 Å². The van der Waals surface area contributed by atoms with Gasteiger partial charge in [-0.3, -0.25) is 24.8 Å². The van der Waals surface area contributed by atoms with Crippen LogP contribution in [0.15, 0.2) is 46.3 Å². The highest BCUT2D eigenvalue weighted by molar-refractivity contribution is 8.18. The van der Waals surface area contributed by atoms with Gasteiger partial charge in [0.25, 0.3) is 11.6 Å². The number of amides is 1. The monoisotopic (exact) mass is 479 g/mol. The molecule has 3 rings (SSSR count). The van der Waals surface area contributed by atoms with Crippen molar-refractivity contribution in [1.82, 2.24) is 4.90 Å². The fourth-order valence-corrected chi connectivity index (χ4v) is 4.63. The van der Waals surface area contributed by atoms with E-state index in [1.165, 1.54) is 23.9 Å². The maximum atomic E-state index is 12.6. The van der Waals surface area contributed by atoms with Crippen LogP contribution in [-0.4, -0.2) is 34.0 Å². The van der Waals surface area contributed by atoms with Gasteiger partial charge < -0.3 is 4.74 Å². The Balaban J connectivity index is 1.80. The summed E-state index contributed by atoms with van der Waals surface area (Å²) in [4.78, 5) is 29.6.